The van der Waals surface area contributed by atoms with Gasteiger partial charge in [-0.05, 0) is 43.4 Å². The maximum Gasteiger partial charge on any atom is 0.472 e. The first kappa shape index (κ1) is 87.1. The van der Waals surface area contributed by atoms with E-state index in [-0.39, 0.29) is 25.7 Å². The Labute approximate surface area is 543 Å². The van der Waals surface area contributed by atoms with Gasteiger partial charge in [0.25, 0.3) is 0 Å². The Kier molecular flexibility index (Phi) is 59.6. The Morgan fingerprint density at radius 2 is 0.573 bits per heavy atom. The third kappa shape index (κ3) is 63.2. The largest absolute Gasteiger partial charge is 0.472 e. The molecule has 0 radical (unpaired) electrons. The van der Waals surface area contributed by atoms with Crippen LogP contribution in [0, 0.1) is 17.8 Å². The van der Waals surface area contributed by atoms with Crippen LogP contribution < -0.4 is 0 Å². The molecule has 0 fully saturated rings. The molecule has 17 nitrogen and oxygen atoms in total. The maximum absolute atomic E-state index is 13.0. The Balaban J connectivity index is 5.25. The third-order valence-electron chi connectivity index (χ3n) is 16.5. The van der Waals surface area contributed by atoms with Gasteiger partial charge in [0, 0.05) is 25.7 Å². The van der Waals surface area contributed by atoms with Gasteiger partial charge in [-0.25, -0.2) is 9.13 Å². The summed E-state index contributed by atoms with van der Waals surface area (Å²) in [7, 11) is -9.90. The molecule has 89 heavy (non-hydrogen) atoms. The summed E-state index contributed by atoms with van der Waals surface area (Å²) in [5.41, 5.74) is 0. The molecular formula is C70H136O17P2. The molecule has 528 valence electrons. The first-order valence-corrected chi connectivity index (χ1v) is 39.4. The van der Waals surface area contributed by atoms with E-state index in [9.17, 15) is 43.2 Å². The summed E-state index contributed by atoms with van der Waals surface area (Å²) in [6.07, 6.45) is 44.5. The van der Waals surface area contributed by atoms with Crippen molar-refractivity contribution in [3.05, 3.63) is 0 Å². The second-order valence-corrected chi connectivity index (χ2v) is 29.4. The fourth-order valence-corrected chi connectivity index (χ4v) is 12.1. The summed E-state index contributed by atoms with van der Waals surface area (Å²) in [6.45, 7) is 11.8. The van der Waals surface area contributed by atoms with Crippen LogP contribution in [0.5, 0.6) is 0 Å². The number of ether oxygens (including phenoxy) is 4. The summed E-state index contributed by atoms with van der Waals surface area (Å²) in [5.74, 6) is 0.0821. The van der Waals surface area contributed by atoms with Crippen molar-refractivity contribution >= 4 is 39.5 Å². The van der Waals surface area contributed by atoms with Crippen molar-refractivity contribution in [3.8, 4) is 0 Å². The van der Waals surface area contributed by atoms with E-state index in [1.807, 2.05) is 0 Å². The second kappa shape index (κ2) is 61.0. The monoisotopic (exact) mass is 1310 g/mol. The average molecular weight is 1310 g/mol. The number of carbonyl (C=O) groups is 4. The first-order valence-electron chi connectivity index (χ1n) is 36.4. The number of hydrogen-bond acceptors (Lipinski definition) is 15. The van der Waals surface area contributed by atoms with E-state index in [0.29, 0.717) is 37.5 Å². The van der Waals surface area contributed by atoms with Gasteiger partial charge >= 0.3 is 39.5 Å². The number of aliphatic hydroxyl groups is 1. The van der Waals surface area contributed by atoms with Crippen molar-refractivity contribution in [1.82, 2.24) is 0 Å². The van der Waals surface area contributed by atoms with Crippen molar-refractivity contribution in [1.29, 1.82) is 0 Å². The molecule has 3 unspecified atom stereocenters. The molecule has 0 amide bonds. The van der Waals surface area contributed by atoms with Crippen LogP contribution in [0.4, 0.5) is 0 Å². The van der Waals surface area contributed by atoms with Crippen LogP contribution in [0.15, 0.2) is 0 Å². The van der Waals surface area contributed by atoms with Crippen LogP contribution in [0.3, 0.4) is 0 Å². The Bertz CT molecular complexity index is 1750. The number of phosphoric ester groups is 2. The zero-order valence-electron chi connectivity index (χ0n) is 57.9. The van der Waals surface area contributed by atoms with Crippen LogP contribution in [-0.4, -0.2) is 96.7 Å². The fraction of sp³-hybridized carbons (Fsp3) is 0.943. The van der Waals surface area contributed by atoms with Crippen molar-refractivity contribution in [2.75, 3.05) is 39.6 Å². The van der Waals surface area contributed by atoms with Gasteiger partial charge in [0.2, 0.25) is 0 Å². The normalized spacial score (nSPS) is 14.5. The van der Waals surface area contributed by atoms with Crippen molar-refractivity contribution in [2.24, 2.45) is 17.8 Å². The molecule has 0 saturated heterocycles. The lowest BCUT2D eigenvalue weighted by Crippen LogP contribution is -2.30. The zero-order chi connectivity index (χ0) is 65.9. The molecule has 0 aliphatic rings. The van der Waals surface area contributed by atoms with E-state index in [1.54, 1.807) is 0 Å². The lowest BCUT2D eigenvalue weighted by atomic mass is 9.99. The van der Waals surface area contributed by atoms with Crippen LogP contribution >= 0.6 is 15.6 Å². The summed E-state index contributed by atoms with van der Waals surface area (Å²) in [4.78, 5) is 72.5. The maximum atomic E-state index is 13.0. The highest BCUT2D eigenvalue weighted by atomic mass is 31.2. The van der Waals surface area contributed by atoms with Gasteiger partial charge in [-0.15, -0.1) is 0 Å². The number of aliphatic hydroxyl groups excluding tert-OH is 1. The molecule has 0 bridgehead atoms. The number of phosphoric acid groups is 2. The predicted octanol–water partition coefficient (Wildman–Crippen LogP) is 19.8. The topological polar surface area (TPSA) is 237 Å². The number of rotatable bonds is 68. The van der Waals surface area contributed by atoms with Gasteiger partial charge in [0.05, 0.1) is 26.4 Å². The number of hydrogen-bond donors (Lipinski definition) is 3. The van der Waals surface area contributed by atoms with Gasteiger partial charge in [-0.3, -0.25) is 37.3 Å². The Hall–Kier alpha value is -1.94. The van der Waals surface area contributed by atoms with Gasteiger partial charge in [0.1, 0.15) is 19.3 Å². The lowest BCUT2D eigenvalue weighted by Gasteiger charge is -2.21. The van der Waals surface area contributed by atoms with Crippen LogP contribution in [0.25, 0.3) is 0 Å². The summed E-state index contributed by atoms with van der Waals surface area (Å²) < 4.78 is 68.3. The molecule has 6 atom stereocenters. The number of esters is 4. The summed E-state index contributed by atoms with van der Waals surface area (Å²) in [6, 6.07) is 0. The van der Waals surface area contributed by atoms with Gasteiger partial charge in [0.15, 0.2) is 12.2 Å². The van der Waals surface area contributed by atoms with Gasteiger partial charge < -0.3 is 33.8 Å². The first-order chi connectivity index (χ1) is 42.8. The molecule has 19 heteroatoms. The highest BCUT2D eigenvalue weighted by Gasteiger charge is 2.30. The van der Waals surface area contributed by atoms with Gasteiger partial charge in [-0.2, -0.15) is 0 Å². The molecule has 0 rings (SSSR count). The van der Waals surface area contributed by atoms with Crippen molar-refractivity contribution < 1.29 is 80.2 Å². The standard InChI is InChI=1S/C70H136O17P2/c1-8-10-11-12-13-14-15-16-17-18-19-24-31-39-46-53-69(74)86-65(57-80-67(72)51-44-37-30-23-21-20-22-29-36-43-50-63(7)9-2)59-84-88(76,77)82-55-64(71)56-83-89(78,79)85-60-66(87-70(75)54-47-40-33-26-28-35-42-49-62(5)6)58-81-68(73)52-45-38-32-25-27-34-41-48-61(3)4/h61-66,71H,8-60H2,1-7H3,(H,76,77)(H,78,79)/t63?,64-,65-,66-/m1/s1. The van der Waals surface area contributed by atoms with E-state index in [0.717, 1.165) is 102 Å². The minimum Gasteiger partial charge on any atom is -0.462 e. The molecule has 0 aromatic heterocycles. The average Bonchev–Trinajstić information content (AvgIpc) is 3.66. The SMILES string of the molecule is CCCCCCCCCCCCCCCCCC(=O)O[C@H](COC(=O)CCCCCCCCCCCCC(C)CC)COP(=O)(O)OC[C@@H](O)COP(=O)(O)OC[C@@H](COC(=O)CCCCCCCCCC(C)C)OC(=O)CCCCCCCCCC(C)C. The molecule has 0 aliphatic heterocycles. The van der Waals surface area contributed by atoms with Crippen LogP contribution in [-0.2, 0) is 65.4 Å². The molecule has 0 spiro atoms. The van der Waals surface area contributed by atoms with Crippen molar-refractivity contribution in [3.63, 3.8) is 0 Å². The van der Waals surface area contributed by atoms with E-state index in [2.05, 4.69) is 48.5 Å². The third-order valence-corrected chi connectivity index (χ3v) is 18.4. The number of unbranched alkanes of at least 4 members (excludes halogenated alkanes) is 35. The second-order valence-electron chi connectivity index (χ2n) is 26.5. The minimum atomic E-state index is -4.95. The quantitative estimate of drug-likeness (QED) is 0.0222. The number of carbonyl (C=O) groups excluding carboxylic acids is 4. The lowest BCUT2D eigenvalue weighted by molar-refractivity contribution is -0.161. The highest BCUT2D eigenvalue weighted by Crippen LogP contribution is 2.45. The van der Waals surface area contributed by atoms with Crippen molar-refractivity contribution in [2.45, 2.75) is 369 Å². The smallest absolute Gasteiger partial charge is 0.462 e. The molecule has 0 heterocycles. The molecule has 3 N–H and O–H groups in total. The molecule has 0 aromatic rings. The molecular weight excluding hydrogens is 1170 g/mol. The van der Waals surface area contributed by atoms with Crippen LogP contribution in [0.2, 0.25) is 0 Å². The molecule has 0 aromatic carbocycles. The van der Waals surface area contributed by atoms with Gasteiger partial charge in [-0.1, -0.05) is 299 Å². The Morgan fingerprint density at radius 3 is 0.854 bits per heavy atom. The van der Waals surface area contributed by atoms with E-state index < -0.39 is 97.5 Å². The van der Waals surface area contributed by atoms with E-state index in [4.69, 9.17) is 37.0 Å². The Morgan fingerprint density at radius 1 is 0.326 bits per heavy atom. The van der Waals surface area contributed by atoms with E-state index in [1.165, 1.54) is 154 Å². The zero-order valence-corrected chi connectivity index (χ0v) is 59.7. The molecule has 0 saturated carbocycles. The minimum absolute atomic E-state index is 0.102. The van der Waals surface area contributed by atoms with Crippen LogP contribution in [0.1, 0.15) is 350 Å². The van der Waals surface area contributed by atoms with E-state index >= 15 is 0 Å². The molecule has 0 aliphatic carbocycles. The summed E-state index contributed by atoms with van der Waals surface area (Å²) in [5, 5.41) is 10.6. The summed E-state index contributed by atoms with van der Waals surface area (Å²) >= 11 is 0. The fourth-order valence-electron chi connectivity index (χ4n) is 10.5. The predicted molar refractivity (Wildman–Crippen MR) is 358 cm³/mol. The highest BCUT2D eigenvalue weighted by molar-refractivity contribution is 7.47.